The van der Waals surface area contributed by atoms with Crippen molar-refractivity contribution in [2.45, 2.75) is 50.9 Å². The van der Waals surface area contributed by atoms with Crippen LogP contribution in [0.25, 0.3) is 0 Å². The quantitative estimate of drug-likeness (QED) is 0.573. The number of ether oxygens (including phenoxy) is 1. The molecule has 2 heterocycles. The van der Waals surface area contributed by atoms with E-state index in [4.69, 9.17) is 10.5 Å². The van der Waals surface area contributed by atoms with Gasteiger partial charge in [0.1, 0.15) is 4.88 Å². The van der Waals surface area contributed by atoms with Crippen molar-refractivity contribution in [2.24, 2.45) is 5.73 Å². The topological polar surface area (TPSA) is 85.5 Å². The number of piperidine rings is 1. The summed E-state index contributed by atoms with van der Waals surface area (Å²) in [7, 11) is 1.37. The number of rotatable bonds is 8. The largest absolute Gasteiger partial charge is 0.465 e. The number of aromatic nitrogens is 1. The van der Waals surface area contributed by atoms with Gasteiger partial charge in [0.25, 0.3) is 0 Å². The molecule has 1 atom stereocenters. The van der Waals surface area contributed by atoms with Crippen LogP contribution in [0.5, 0.6) is 0 Å². The zero-order valence-corrected chi connectivity index (χ0v) is 15.1. The lowest BCUT2D eigenvalue weighted by atomic mass is 9.98. The van der Waals surface area contributed by atoms with Gasteiger partial charge in [-0.15, -0.1) is 11.3 Å². The minimum atomic E-state index is -0.347. The van der Waals surface area contributed by atoms with E-state index < -0.39 is 0 Å². The molecule has 0 bridgehead atoms. The molecule has 2 N–H and O–H groups in total. The smallest absolute Gasteiger partial charge is 0.349 e. The number of nitrogens with two attached hydrogens (primary N) is 1. The van der Waals surface area contributed by atoms with Gasteiger partial charge in [0.2, 0.25) is 5.91 Å². The fraction of sp³-hybridized carbons (Fsp3) is 0.706. The summed E-state index contributed by atoms with van der Waals surface area (Å²) in [6, 6.07) is 0. The van der Waals surface area contributed by atoms with E-state index in [2.05, 4.69) is 4.98 Å². The highest BCUT2D eigenvalue weighted by Crippen LogP contribution is 2.30. The van der Waals surface area contributed by atoms with E-state index in [1.807, 2.05) is 4.90 Å². The molecule has 134 valence electrons. The molecule has 1 aromatic rings. The Hall–Kier alpha value is -1.47. The van der Waals surface area contributed by atoms with Crippen LogP contribution in [0.15, 0.2) is 6.20 Å². The van der Waals surface area contributed by atoms with E-state index in [1.165, 1.54) is 18.4 Å². The third-order valence-electron chi connectivity index (χ3n) is 4.38. The van der Waals surface area contributed by atoms with Crippen LogP contribution in [0.2, 0.25) is 0 Å². The maximum absolute atomic E-state index is 12.4. The SMILES string of the molecule is COC(=O)c1cnc(C2CCCN(C(=O)CCCCCCN)C2)s1. The van der Waals surface area contributed by atoms with E-state index in [0.717, 1.165) is 56.6 Å². The Morgan fingerprint density at radius 1 is 1.38 bits per heavy atom. The average molecular weight is 353 g/mol. The lowest BCUT2D eigenvalue weighted by Gasteiger charge is -2.32. The number of hydrogen-bond acceptors (Lipinski definition) is 6. The zero-order chi connectivity index (χ0) is 17.4. The molecule has 0 saturated carbocycles. The molecule has 6 nitrogen and oxygen atoms in total. The number of nitrogens with zero attached hydrogens (tertiary/aromatic N) is 2. The first-order valence-corrected chi connectivity index (χ1v) is 9.49. The van der Waals surface area contributed by atoms with Crippen molar-refractivity contribution in [3.63, 3.8) is 0 Å². The van der Waals surface area contributed by atoms with E-state index in [9.17, 15) is 9.59 Å². The standard InChI is InChI=1S/C17H27N3O3S/c1-23-17(22)14-11-19-16(24-14)13-7-6-10-20(12-13)15(21)8-4-2-3-5-9-18/h11,13H,2-10,12,18H2,1H3. The van der Waals surface area contributed by atoms with E-state index in [0.29, 0.717) is 17.8 Å². The van der Waals surface area contributed by atoms with Crippen molar-refractivity contribution >= 4 is 23.2 Å². The van der Waals surface area contributed by atoms with E-state index in [-0.39, 0.29) is 17.8 Å². The van der Waals surface area contributed by atoms with E-state index >= 15 is 0 Å². The van der Waals surface area contributed by atoms with Crippen molar-refractivity contribution in [1.82, 2.24) is 9.88 Å². The summed E-state index contributed by atoms with van der Waals surface area (Å²) in [6.45, 7) is 2.26. The summed E-state index contributed by atoms with van der Waals surface area (Å²) in [5, 5.41) is 0.927. The van der Waals surface area contributed by atoms with Gasteiger partial charge in [-0.25, -0.2) is 9.78 Å². The summed E-state index contributed by atoms with van der Waals surface area (Å²) in [5.41, 5.74) is 5.48. The summed E-state index contributed by atoms with van der Waals surface area (Å²) in [5.74, 6) is 0.112. The number of esters is 1. The van der Waals surface area contributed by atoms with Gasteiger partial charge in [-0.2, -0.15) is 0 Å². The highest BCUT2D eigenvalue weighted by Gasteiger charge is 2.27. The molecule has 2 rings (SSSR count). The Bertz CT molecular complexity index is 547. The van der Waals surface area contributed by atoms with Crippen molar-refractivity contribution in [2.75, 3.05) is 26.7 Å². The average Bonchev–Trinajstić information content (AvgIpc) is 3.11. The van der Waals surface area contributed by atoms with Crippen LogP contribution in [-0.2, 0) is 9.53 Å². The number of amides is 1. The van der Waals surface area contributed by atoms with Crippen molar-refractivity contribution in [3.05, 3.63) is 16.1 Å². The first-order valence-electron chi connectivity index (χ1n) is 8.67. The van der Waals surface area contributed by atoms with Gasteiger partial charge in [-0.05, 0) is 32.2 Å². The van der Waals surface area contributed by atoms with Gasteiger partial charge >= 0.3 is 5.97 Å². The van der Waals surface area contributed by atoms with Gasteiger partial charge in [0, 0.05) is 25.4 Å². The first-order chi connectivity index (χ1) is 11.7. The molecular formula is C17H27N3O3S. The second-order valence-corrected chi connectivity index (χ2v) is 7.25. The Morgan fingerprint density at radius 3 is 2.92 bits per heavy atom. The van der Waals surface area contributed by atoms with Gasteiger partial charge in [-0.1, -0.05) is 12.8 Å². The highest BCUT2D eigenvalue weighted by atomic mass is 32.1. The fourth-order valence-corrected chi connectivity index (χ4v) is 3.97. The second-order valence-electron chi connectivity index (χ2n) is 6.19. The Balaban J connectivity index is 1.83. The molecule has 7 heteroatoms. The number of unbranched alkanes of at least 4 members (excludes halogenated alkanes) is 3. The number of carbonyl (C=O) groups is 2. The molecule has 1 aliphatic rings. The normalized spacial score (nSPS) is 17.8. The number of hydrogen-bond donors (Lipinski definition) is 1. The monoisotopic (exact) mass is 353 g/mol. The van der Waals surface area contributed by atoms with Crippen molar-refractivity contribution in [1.29, 1.82) is 0 Å². The molecule has 1 saturated heterocycles. The minimum absolute atomic E-state index is 0.225. The van der Waals surface area contributed by atoms with Crippen LogP contribution >= 0.6 is 11.3 Å². The van der Waals surface area contributed by atoms with Gasteiger partial charge in [0.05, 0.1) is 18.3 Å². The summed E-state index contributed by atoms with van der Waals surface area (Å²) >= 11 is 1.38. The molecule has 1 unspecified atom stereocenters. The van der Waals surface area contributed by atoms with Gasteiger partial charge in [-0.3, -0.25) is 4.79 Å². The highest BCUT2D eigenvalue weighted by molar-refractivity contribution is 7.13. The molecule has 24 heavy (non-hydrogen) atoms. The summed E-state index contributed by atoms with van der Waals surface area (Å²) in [4.78, 5) is 30.8. The van der Waals surface area contributed by atoms with Crippen LogP contribution < -0.4 is 5.73 Å². The van der Waals surface area contributed by atoms with Crippen LogP contribution in [0, 0.1) is 0 Å². The summed E-state index contributed by atoms with van der Waals surface area (Å²) < 4.78 is 4.73. The Kier molecular flexibility index (Phi) is 7.65. The number of methoxy groups -OCH3 is 1. The van der Waals surface area contributed by atoms with Gasteiger partial charge in [0.15, 0.2) is 0 Å². The summed E-state index contributed by atoms with van der Waals surface area (Å²) in [6.07, 6.45) is 8.31. The van der Waals surface area contributed by atoms with Crippen LogP contribution in [0.3, 0.4) is 0 Å². The molecule has 0 aliphatic carbocycles. The third kappa shape index (κ3) is 5.27. The van der Waals surface area contributed by atoms with Crippen LogP contribution in [0.1, 0.15) is 65.5 Å². The maximum Gasteiger partial charge on any atom is 0.349 e. The Labute approximate surface area is 147 Å². The molecule has 0 radical (unpaired) electrons. The molecule has 0 spiro atoms. The molecule has 1 aliphatic heterocycles. The zero-order valence-electron chi connectivity index (χ0n) is 14.3. The number of carbonyl (C=O) groups excluding carboxylic acids is 2. The number of thiazole rings is 1. The maximum atomic E-state index is 12.4. The second kappa shape index (κ2) is 9.74. The first kappa shape index (κ1) is 18.9. The van der Waals surface area contributed by atoms with Crippen LogP contribution in [-0.4, -0.2) is 48.5 Å². The predicted molar refractivity (Wildman–Crippen MR) is 94.1 cm³/mol. The molecule has 1 fully saturated rings. The Morgan fingerprint density at radius 2 is 2.17 bits per heavy atom. The van der Waals surface area contributed by atoms with Crippen LogP contribution in [0.4, 0.5) is 0 Å². The van der Waals surface area contributed by atoms with E-state index in [1.54, 1.807) is 6.20 Å². The number of likely N-dealkylation sites (tertiary alicyclic amines) is 1. The lowest BCUT2D eigenvalue weighted by molar-refractivity contribution is -0.132. The fourth-order valence-electron chi connectivity index (χ4n) is 3.01. The molecular weight excluding hydrogens is 326 g/mol. The predicted octanol–water partition coefficient (Wildman–Crippen LogP) is 2.54. The van der Waals surface area contributed by atoms with Crippen molar-refractivity contribution < 1.29 is 14.3 Å². The molecule has 0 aromatic carbocycles. The van der Waals surface area contributed by atoms with Crippen molar-refractivity contribution in [3.8, 4) is 0 Å². The minimum Gasteiger partial charge on any atom is -0.465 e. The lowest BCUT2D eigenvalue weighted by Crippen LogP contribution is -2.38. The van der Waals surface area contributed by atoms with Gasteiger partial charge < -0.3 is 15.4 Å². The third-order valence-corrected chi connectivity index (χ3v) is 5.52. The molecule has 1 amide bonds. The molecule has 1 aromatic heterocycles.